The Hall–Kier alpha value is -1.61. The van der Waals surface area contributed by atoms with Crippen LogP contribution in [0.3, 0.4) is 0 Å². The lowest BCUT2D eigenvalue weighted by Crippen LogP contribution is -2.09. The molecule has 0 atom stereocenters. The van der Waals surface area contributed by atoms with E-state index in [1.165, 1.54) is 12.1 Å². The number of nitrogens with zero attached hydrogens (tertiary/aromatic N) is 3. The molecule has 0 saturated heterocycles. The second kappa shape index (κ2) is 5.06. The van der Waals surface area contributed by atoms with Crippen LogP contribution in [-0.4, -0.2) is 14.7 Å². The first kappa shape index (κ1) is 14.8. The van der Waals surface area contributed by atoms with Gasteiger partial charge in [0, 0.05) is 4.47 Å². The molecule has 0 saturated carbocycles. The lowest BCUT2D eigenvalue weighted by atomic mass is 10.3. The summed E-state index contributed by atoms with van der Waals surface area (Å²) < 4.78 is 39.6. The average Bonchev–Trinajstić information content (AvgIpc) is 2.68. The van der Waals surface area contributed by atoms with Crippen molar-refractivity contribution in [2.24, 2.45) is 0 Å². The molecule has 1 aromatic carbocycles. The van der Waals surface area contributed by atoms with Gasteiger partial charge in [-0.3, -0.25) is 10.1 Å². The van der Waals surface area contributed by atoms with Crippen molar-refractivity contribution in [2.75, 3.05) is 0 Å². The van der Waals surface area contributed by atoms with Crippen molar-refractivity contribution in [2.45, 2.75) is 6.18 Å². The Balaban J connectivity index is 2.67. The van der Waals surface area contributed by atoms with E-state index >= 15 is 0 Å². The Morgan fingerprint density at radius 3 is 2.25 bits per heavy atom. The Morgan fingerprint density at radius 2 is 1.85 bits per heavy atom. The summed E-state index contributed by atoms with van der Waals surface area (Å²) >= 11 is 8.81. The highest BCUT2D eigenvalue weighted by Crippen LogP contribution is 2.40. The molecular weight excluding hydrogens is 366 g/mol. The second-order valence-corrected chi connectivity index (χ2v) is 4.90. The van der Waals surface area contributed by atoms with Gasteiger partial charge in [-0.05, 0) is 24.3 Å². The van der Waals surface area contributed by atoms with Crippen molar-refractivity contribution in [3.63, 3.8) is 0 Å². The highest BCUT2D eigenvalue weighted by Gasteiger charge is 2.45. The van der Waals surface area contributed by atoms with Gasteiger partial charge in [0.1, 0.15) is 0 Å². The average molecular weight is 371 g/mol. The van der Waals surface area contributed by atoms with Crippen molar-refractivity contribution in [3.05, 3.63) is 49.7 Å². The number of aromatic nitrogens is 2. The normalized spacial score (nSPS) is 11.7. The van der Waals surface area contributed by atoms with E-state index in [9.17, 15) is 23.3 Å². The molecule has 1 aromatic heterocycles. The number of hydrogen-bond donors (Lipinski definition) is 0. The Labute approximate surface area is 123 Å². The molecule has 20 heavy (non-hydrogen) atoms. The van der Waals surface area contributed by atoms with Crippen molar-refractivity contribution >= 4 is 33.2 Å². The number of benzene rings is 1. The fourth-order valence-electron chi connectivity index (χ4n) is 1.50. The van der Waals surface area contributed by atoms with Crippen molar-refractivity contribution < 1.29 is 18.1 Å². The molecule has 0 aliphatic carbocycles. The summed E-state index contributed by atoms with van der Waals surface area (Å²) in [6.07, 6.45) is -4.97. The van der Waals surface area contributed by atoms with E-state index in [4.69, 9.17) is 11.6 Å². The molecule has 0 aliphatic rings. The fraction of sp³-hybridized carbons (Fsp3) is 0.100. The summed E-state index contributed by atoms with van der Waals surface area (Å²) in [6.45, 7) is 0. The fourth-order valence-corrected chi connectivity index (χ4v) is 2.05. The Bertz CT molecular complexity index is 670. The van der Waals surface area contributed by atoms with Gasteiger partial charge in [0.2, 0.25) is 10.8 Å². The molecule has 10 heteroatoms. The van der Waals surface area contributed by atoms with Gasteiger partial charge in [-0.15, -0.1) is 0 Å². The van der Waals surface area contributed by atoms with Crippen molar-refractivity contribution in [1.82, 2.24) is 9.78 Å². The third-order valence-corrected chi connectivity index (χ3v) is 3.20. The summed E-state index contributed by atoms with van der Waals surface area (Å²) in [5.41, 5.74) is -2.71. The van der Waals surface area contributed by atoms with Crippen LogP contribution in [0.2, 0.25) is 5.15 Å². The first-order valence-electron chi connectivity index (χ1n) is 4.98. The molecule has 106 valence electrons. The zero-order valence-corrected chi connectivity index (χ0v) is 11.7. The molecule has 0 radical (unpaired) electrons. The first-order valence-corrected chi connectivity index (χ1v) is 6.15. The maximum Gasteiger partial charge on any atom is 0.442 e. The third kappa shape index (κ3) is 2.63. The lowest BCUT2D eigenvalue weighted by Gasteiger charge is -2.02. The predicted molar refractivity (Wildman–Crippen MR) is 67.9 cm³/mol. The van der Waals surface area contributed by atoms with E-state index in [1.807, 2.05) is 0 Å². The minimum absolute atomic E-state index is 0.178. The summed E-state index contributed by atoms with van der Waals surface area (Å²) in [5, 5.41) is 13.2. The van der Waals surface area contributed by atoms with Crippen LogP contribution in [0.5, 0.6) is 0 Å². The minimum atomic E-state index is -4.97. The molecule has 0 bridgehead atoms. The SMILES string of the molecule is O=[N+]([O-])c1c(C(F)(F)F)nn(-c2ccc(Br)cc2)c1Cl. The van der Waals surface area contributed by atoms with E-state index in [2.05, 4.69) is 21.0 Å². The van der Waals surface area contributed by atoms with Gasteiger partial charge < -0.3 is 0 Å². The van der Waals surface area contributed by atoms with Gasteiger partial charge in [0.25, 0.3) is 0 Å². The standard InChI is InChI=1S/C10H4BrClF3N3O2/c11-5-1-3-6(4-2-5)17-9(12)7(18(19)20)8(16-17)10(13,14)15/h1-4H. The first-order chi connectivity index (χ1) is 9.21. The molecule has 0 spiro atoms. The van der Waals surface area contributed by atoms with Crippen LogP contribution in [0, 0.1) is 10.1 Å². The summed E-state index contributed by atoms with van der Waals surface area (Å²) in [4.78, 5) is 9.55. The molecule has 0 amide bonds. The number of alkyl halides is 3. The van der Waals surface area contributed by atoms with Crippen LogP contribution in [0.25, 0.3) is 5.69 Å². The zero-order chi connectivity index (χ0) is 15.1. The third-order valence-electron chi connectivity index (χ3n) is 2.33. The topological polar surface area (TPSA) is 61.0 Å². The van der Waals surface area contributed by atoms with Crippen LogP contribution >= 0.6 is 27.5 Å². The molecule has 2 rings (SSSR count). The van der Waals surface area contributed by atoms with Gasteiger partial charge in [-0.1, -0.05) is 27.5 Å². The van der Waals surface area contributed by atoms with Crippen LogP contribution < -0.4 is 0 Å². The number of halogens is 5. The van der Waals surface area contributed by atoms with Crippen molar-refractivity contribution in [1.29, 1.82) is 0 Å². The largest absolute Gasteiger partial charge is 0.442 e. The smallest absolute Gasteiger partial charge is 0.258 e. The van der Waals surface area contributed by atoms with Crippen LogP contribution in [-0.2, 0) is 6.18 Å². The second-order valence-electron chi connectivity index (χ2n) is 3.63. The highest BCUT2D eigenvalue weighted by molar-refractivity contribution is 9.10. The molecule has 0 N–H and O–H groups in total. The van der Waals surface area contributed by atoms with E-state index in [1.54, 1.807) is 12.1 Å². The molecule has 1 heterocycles. The molecular formula is C10H4BrClF3N3O2. The zero-order valence-electron chi connectivity index (χ0n) is 9.36. The maximum absolute atomic E-state index is 12.7. The molecule has 0 fully saturated rings. The quantitative estimate of drug-likeness (QED) is 0.587. The highest BCUT2D eigenvalue weighted by atomic mass is 79.9. The molecule has 5 nitrogen and oxygen atoms in total. The van der Waals surface area contributed by atoms with E-state index in [0.29, 0.717) is 9.15 Å². The summed E-state index contributed by atoms with van der Waals surface area (Å²) in [6, 6.07) is 5.94. The molecule has 0 aliphatic heterocycles. The van der Waals surface area contributed by atoms with Gasteiger partial charge in [-0.25, -0.2) is 4.68 Å². The van der Waals surface area contributed by atoms with Gasteiger partial charge in [-0.2, -0.15) is 18.3 Å². The van der Waals surface area contributed by atoms with Gasteiger partial charge in [0.05, 0.1) is 10.6 Å². The van der Waals surface area contributed by atoms with Crippen LogP contribution in [0.15, 0.2) is 28.7 Å². The number of rotatable bonds is 2. The summed E-state index contributed by atoms with van der Waals surface area (Å²) in [5.74, 6) is 0. The Morgan fingerprint density at radius 1 is 1.30 bits per heavy atom. The van der Waals surface area contributed by atoms with E-state index in [-0.39, 0.29) is 5.69 Å². The number of nitro groups is 1. The predicted octanol–water partition coefficient (Wildman–Crippen LogP) is 4.22. The van der Waals surface area contributed by atoms with Gasteiger partial charge >= 0.3 is 11.9 Å². The van der Waals surface area contributed by atoms with Crippen LogP contribution in [0.1, 0.15) is 5.69 Å². The van der Waals surface area contributed by atoms with Crippen molar-refractivity contribution in [3.8, 4) is 5.69 Å². The minimum Gasteiger partial charge on any atom is -0.258 e. The lowest BCUT2D eigenvalue weighted by molar-refractivity contribution is -0.388. The summed E-state index contributed by atoms with van der Waals surface area (Å²) in [7, 11) is 0. The number of hydrogen-bond acceptors (Lipinski definition) is 3. The Kier molecular flexibility index (Phi) is 3.74. The van der Waals surface area contributed by atoms with E-state index < -0.39 is 27.6 Å². The van der Waals surface area contributed by atoms with Crippen LogP contribution in [0.4, 0.5) is 18.9 Å². The van der Waals surface area contributed by atoms with E-state index in [0.717, 1.165) is 0 Å². The molecule has 2 aromatic rings. The maximum atomic E-state index is 12.7. The molecule has 0 unspecified atom stereocenters. The van der Waals surface area contributed by atoms with Gasteiger partial charge in [0.15, 0.2) is 0 Å². The monoisotopic (exact) mass is 369 g/mol.